The molecular weight excluding hydrogens is 310 g/mol. The lowest BCUT2D eigenvalue weighted by Gasteiger charge is -2.23. The molecule has 1 aliphatic carbocycles. The normalized spacial score (nSPS) is 23.4. The number of ketones is 1. The van der Waals surface area contributed by atoms with Crippen LogP contribution in [0.2, 0.25) is 0 Å². The lowest BCUT2D eigenvalue weighted by atomic mass is 9.99. The number of carbonyl (C=O) groups excluding carboxylic acids is 4. The number of nitrogens with one attached hydrogen (secondary N) is 1. The van der Waals surface area contributed by atoms with Crippen LogP contribution in [-0.4, -0.2) is 58.9 Å². The molecule has 0 aromatic heterocycles. The topological polar surface area (TPSA) is 86.8 Å². The zero-order chi connectivity index (χ0) is 16.4. The third-order valence-corrected chi connectivity index (χ3v) is 3.85. The zero-order valence-corrected chi connectivity index (χ0v) is 13.0. The molecule has 0 radical (unpaired) electrons. The summed E-state index contributed by atoms with van der Waals surface area (Å²) < 4.78 is 0. The van der Waals surface area contributed by atoms with Crippen molar-refractivity contribution in [3.05, 3.63) is 23.4 Å². The molecule has 22 heavy (non-hydrogen) atoms. The fourth-order valence-electron chi connectivity index (χ4n) is 2.62. The highest BCUT2D eigenvalue weighted by Crippen LogP contribution is 2.36. The molecule has 0 aromatic rings. The molecule has 0 bridgehead atoms. The molecule has 2 unspecified atom stereocenters. The molecule has 8 heteroatoms. The average molecular weight is 326 g/mol. The third-order valence-electron chi connectivity index (χ3n) is 3.55. The largest absolute Gasteiger partial charge is 0.324 e. The Morgan fingerprint density at radius 1 is 1.55 bits per heavy atom. The van der Waals surface area contributed by atoms with E-state index in [0.717, 1.165) is 4.90 Å². The van der Waals surface area contributed by atoms with Crippen molar-refractivity contribution in [1.29, 1.82) is 0 Å². The van der Waals surface area contributed by atoms with Crippen molar-refractivity contribution >= 4 is 35.7 Å². The number of nitrogens with zero attached hydrogens (tertiary/aromatic N) is 2. The third kappa shape index (κ3) is 2.89. The van der Waals surface area contributed by atoms with E-state index in [1.807, 2.05) is 5.32 Å². The second-order valence-corrected chi connectivity index (χ2v) is 5.73. The molecule has 0 saturated carbocycles. The Labute approximate surface area is 132 Å². The molecule has 2 rings (SSSR count). The Morgan fingerprint density at radius 2 is 2.23 bits per heavy atom. The lowest BCUT2D eigenvalue weighted by Crippen LogP contribution is -2.47. The van der Waals surface area contributed by atoms with Crippen LogP contribution < -0.4 is 5.32 Å². The fourth-order valence-corrected chi connectivity index (χ4v) is 2.84. The predicted octanol–water partition coefficient (Wildman–Crippen LogP) is 0.405. The minimum absolute atomic E-state index is 0.0609. The average Bonchev–Trinajstić information content (AvgIpc) is 2.70. The summed E-state index contributed by atoms with van der Waals surface area (Å²) in [7, 11) is 1.41. The van der Waals surface area contributed by atoms with Crippen molar-refractivity contribution in [3.63, 3.8) is 0 Å². The number of carbonyl (C=O) groups is 4. The van der Waals surface area contributed by atoms with Gasteiger partial charge in [-0.25, -0.2) is 4.79 Å². The molecule has 0 spiro atoms. The van der Waals surface area contributed by atoms with E-state index in [-0.39, 0.29) is 30.0 Å². The van der Waals surface area contributed by atoms with E-state index in [0.29, 0.717) is 17.7 Å². The minimum atomic E-state index is -0.896. The summed E-state index contributed by atoms with van der Waals surface area (Å²) in [5.74, 6) is -0.552. The van der Waals surface area contributed by atoms with Crippen molar-refractivity contribution in [2.24, 2.45) is 0 Å². The number of allylic oxidation sites excluding steroid dienone is 2. The van der Waals surface area contributed by atoms with Gasteiger partial charge in [-0.05, 0) is 13.3 Å². The van der Waals surface area contributed by atoms with E-state index in [1.54, 1.807) is 12.2 Å². The Hall–Kier alpha value is -2.15. The molecule has 2 atom stereocenters. The van der Waals surface area contributed by atoms with Gasteiger partial charge >= 0.3 is 6.03 Å². The van der Waals surface area contributed by atoms with Gasteiger partial charge in [0.05, 0.1) is 11.9 Å². The van der Waals surface area contributed by atoms with Crippen LogP contribution in [0.25, 0.3) is 0 Å². The summed E-state index contributed by atoms with van der Waals surface area (Å²) in [6.45, 7) is 1.33. The molecule has 2 aliphatic rings. The molecular formula is C14H16ClN3O4. The maximum atomic E-state index is 12.6. The van der Waals surface area contributed by atoms with Crippen molar-refractivity contribution in [1.82, 2.24) is 15.1 Å². The zero-order valence-electron chi connectivity index (χ0n) is 12.2. The van der Waals surface area contributed by atoms with E-state index in [2.05, 4.69) is 0 Å². The minimum Gasteiger partial charge on any atom is -0.311 e. The second kappa shape index (κ2) is 6.31. The summed E-state index contributed by atoms with van der Waals surface area (Å²) >= 11 is 6.10. The number of Topliss-reactive ketones (excluding diaryl/α,β-unsaturated/α-hetero) is 1. The smallest absolute Gasteiger partial charge is 0.311 e. The Kier molecular flexibility index (Phi) is 4.65. The van der Waals surface area contributed by atoms with E-state index in [4.69, 9.17) is 11.6 Å². The van der Waals surface area contributed by atoms with E-state index in [1.165, 1.54) is 18.9 Å². The van der Waals surface area contributed by atoms with Gasteiger partial charge in [0, 0.05) is 18.3 Å². The quantitative estimate of drug-likeness (QED) is 0.599. The van der Waals surface area contributed by atoms with E-state index in [9.17, 15) is 19.2 Å². The monoisotopic (exact) mass is 325 g/mol. The summed E-state index contributed by atoms with van der Waals surface area (Å²) in [5.41, 5.74) is 1.19. The second-order valence-electron chi connectivity index (χ2n) is 5.17. The summed E-state index contributed by atoms with van der Waals surface area (Å²) in [4.78, 5) is 48.7. The molecule has 1 aliphatic heterocycles. The van der Waals surface area contributed by atoms with Crippen LogP contribution in [0, 0.1) is 0 Å². The number of likely N-dealkylation sites (tertiary alicyclic amines) is 1. The first kappa shape index (κ1) is 16.2. The van der Waals surface area contributed by atoms with Crippen LogP contribution in [-0.2, 0) is 14.4 Å². The van der Waals surface area contributed by atoms with Crippen molar-refractivity contribution in [2.45, 2.75) is 24.8 Å². The van der Waals surface area contributed by atoms with Crippen LogP contribution in [0.4, 0.5) is 4.79 Å². The van der Waals surface area contributed by atoms with Gasteiger partial charge in [0.2, 0.25) is 6.41 Å². The Morgan fingerprint density at radius 3 is 2.82 bits per heavy atom. The summed E-state index contributed by atoms with van der Waals surface area (Å²) in [6, 6.07) is -1.60. The molecule has 1 N–H and O–H groups in total. The first-order chi connectivity index (χ1) is 10.4. The van der Waals surface area contributed by atoms with Gasteiger partial charge < -0.3 is 9.80 Å². The number of amides is 4. The summed E-state index contributed by atoms with van der Waals surface area (Å²) in [6.07, 6.45) is 4.30. The number of hydrogen-bond acceptors (Lipinski definition) is 4. The van der Waals surface area contributed by atoms with Gasteiger partial charge in [-0.3, -0.25) is 19.7 Å². The van der Waals surface area contributed by atoms with Gasteiger partial charge in [-0.15, -0.1) is 11.6 Å². The van der Waals surface area contributed by atoms with Crippen molar-refractivity contribution < 1.29 is 19.2 Å². The van der Waals surface area contributed by atoms with Crippen LogP contribution in [0.5, 0.6) is 0 Å². The van der Waals surface area contributed by atoms with Gasteiger partial charge in [-0.2, -0.15) is 0 Å². The number of rotatable bonds is 4. The molecule has 7 nitrogen and oxygen atoms in total. The molecule has 1 saturated heterocycles. The molecule has 1 heterocycles. The Bertz CT molecular complexity index is 599. The van der Waals surface area contributed by atoms with Crippen LogP contribution in [0.15, 0.2) is 23.4 Å². The van der Waals surface area contributed by atoms with Crippen molar-refractivity contribution in [2.75, 3.05) is 13.6 Å². The number of hydrogen-bond donors (Lipinski definition) is 1. The van der Waals surface area contributed by atoms with E-state index < -0.39 is 12.1 Å². The molecule has 4 amide bonds. The number of alkyl halides is 1. The predicted molar refractivity (Wildman–Crippen MR) is 79.0 cm³/mol. The highest BCUT2D eigenvalue weighted by molar-refractivity contribution is 6.22. The highest BCUT2D eigenvalue weighted by Gasteiger charge is 2.45. The van der Waals surface area contributed by atoms with Gasteiger partial charge in [0.15, 0.2) is 0 Å². The standard InChI is InChI=1S/C14H16ClN3O4/c1-8(20)6-18-11-4-3-9(15)5-10(11)12(13(18)21)17(2)14(22)16-7-19/h4-5,7,9,12H,3,6H2,1-2H3,(H,16,19,22). The maximum absolute atomic E-state index is 12.6. The first-order valence-corrected chi connectivity index (χ1v) is 7.14. The number of imide groups is 1. The molecule has 118 valence electrons. The fraction of sp³-hybridized carbons (Fsp3) is 0.429. The SMILES string of the molecule is CC(=O)CN1C(=O)C(N(C)C(=O)NC=O)C2=CC(Cl)CC=C21. The number of fused-ring (bicyclic) bond motifs is 1. The lowest BCUT2D eigenvalue weighted by molar-refractivity contribution is -0.133. The number of halogens is 1. The van der Waals surface area contributed by atoms with E-state index >= 15 is 0 Å². The van der Waals surface area contributed by atoms with Crippen LogP contribution in [0.1, 0.15) is 13.3 Å². The maximum Gasteiger partial charge on any atom is 0.324 e. The first-order valence-electron chi connectivity index (χ1n) is 6.71. The Balaban J connectivity index is 2.38. The van der Waals surface area contributed by atoms with Crippen LogP contribution in [0.3, 0.4) is 0 Å². The van der Waals surface area contributed by atoms with Gasteiger partial charge in [0.1, 0.15) is 11.8 Å². The van der Waals surface area contributed by atoms with Gasteiger partial charge in [-0.1, -0.05) is 12.2 Å². The number of urea groups is 1. The molecule has 0 aromatic carbocycles. The van der Waals surface area contributed by atoms with Crippen molar-refractivity contribution in [3.8, 4) is 0 Å². The van der Waals surface area contributed by atoms with Crippen LogP contribution >= 0.6 is 11.6 Å². The summed E-state index contributed by atoms with van der Waals surface area (Å²) in [5, 5.41) is 1.71. The van der Waals surface area contributed by atoms with Gasteiger partial charge in [0.25, 0.3) is 5.91 Å². The number of likely N-dealkylation sites (N-methyl/N-ethyl adjacent to an activating group) is 1. The highest BCUT2D eigenvalue weighted by atomic mass is 35.5. The molecule has 1 fully saturated rings.